The predicted octanol–water partition coefficient (Wildman–Crippen LogP) is 4.10. The van der Waals surface area contributed by atoms with Crippen molar-refractivity contribution in [1.82, 2.24) is 4.98 Å². The van der Waals surface area contributed by atoms with Gasteiger partial charge in [-0.05, 0) is 35.9 Å². The zero-order valence-corrected chi connectivity index (χ0v) is 12.8. The second-order valence-electron chi connectivity index (χ2n) is 3.87. The summed E-state index contributed by atoms with van der Waals surface area (Å²) in [5.74, 6) is -1.04. The van der Waals surface area contributed by atoms with Crippen LogP contribution in [0.1, 0.15) is 21.8 Å². The lowest BCUT2D eigenvalue weighted by molar-refractivity contribution is 0.0978. The van der Waals surface area contributed by atoms with Crippen molar-refractivity contribution >= 4 is 37.6 Å². The second kappa shape index (κ2) is 6.09. The van der Waals surface area contributed by atoms with E-state index in [0.717, 1.165) is 8.95 Å². The minimum absolute atomic E-state index is 0.226. The molecule has 0 bridgehead atoms. The van der Waals surface area contributed by atoms with Crippen LogP contribution in [0.2, 0.25) is 0 Å². The monoisotopic (exact) mass is 378 g/mol. The molecule has 19 heavy (non-hydrogen) atoms. The third kappa shape index (κ3) is 3.28. The van der Waals surface area contributed by atoms with Crippen LogP contribution in [-0.4, -0.2) is 10.8 Å². The largest absolute Gasteiger partial charge is 0.292 e. The molecule has 2 aromatic rings. The molecule has 0 aliphatic carbocycles. The van der Waals surface area contributed by atoms with Gasteiger partial charge in [-0.15, -0.1) is 0 Å². The Kier molecular flexibility index (Phi) is 4.46. The van der Waals surface area contributed by atoms with Gasteiger partial charge >= 0.3 is 0 Å². The van der Waals surface area contributed by atoms with Gasteiger partial charge in [0.05, 0.1) is 6.07 Å². The topological polar surface area (TPSA) is 53.8 Å². The molecule has 0 fully saturated rings. The van der Waals surface area contributed by atoms with Gasteiger partial charge in [0.25, 0.3) is 0 Å². The zero-order valence-electron chi connectivity index (χ0n) is 9.68. The molecular formula is C14H8Br2N2O. The Morgan fingerprint density at radius 2 is 1.74 bits per heavy atom. The first-order chi connectivity index (χ1) is 9.11. The molecule has 5 heteroatoms. The third-order valence-corrected chi connectivity index (χ3v) is 3.49. The third-order valence-electron chi connectivity index (χ3n) is 2.58. The molecule has 3 nitrogen and oxygen atoms in total. The number of pyridine rings is 1. The Bertz CT molecular complexity index is 630. The van der Waals surface area contributed by atoms with Gasteiger partial charge in [0.15, 0.2) is 5.78 Å². The van der Waals surface area contributed by atoms with E-state index in [9.17, 15) is 10.1 Å². The lowest BCUT2D eigenvalue weighted by Crippen LogP contribution is -2.11. The van der Waals surface area contributed by atoms with Crippen molar-refractivity contribution in [2.24, 2.45) is 0 Å². The van der Waals surface area contributed by atoms with Crippen LogP contribution in [0.3, 0.4) is 0 Å². The SMILES string of the molecule is N#CC(C(=O)c1cc(Br)cc(Br)c1)c1ccncc1. The predicted molar refractivity (Wildman–Crippen MR) is 78.8 cm³/mol. The number of ketones is 1. The maximum absolute atomic E-state index is 12.4. The highest BCUT2D eigenvalue weighted by Crippen LogP contribution is 2.25. The average molecular weight is 380 g/mol. The van der Waals surface area contributed by atoms with Crippen LogP contribution in [0.4, 0.5) is 0 Å². The number of carbonyl (C=O) groups excluding carboxylic acids is 1. The molecule has 0 aliphatic rings. The standard InChI is InChI=1S/C14H8Br2N2O/c15-11-5-10(6-12(16)7-11)14(19)13(8-17)9-1-3-18-4-2-9/h1-7,13H. The van der Waals surface area contributed by atoms with Crippen molar-refractivity contribution in [2.75, 3.05) is 0 Å². The van der Waals surface area contributed by atoms with E-state index in [1.54, 1.807) is 36.7 Å². The molecule has 0 aliphatic heterocycles. The van der Waals surface area contributed by atoms with Crippen molar-refractivity contribution in [2.45, 2.75) is 5.92 Å². The van der Waals surface area contributed by atoms with E-state index in [1.165, 1.54) is 0 Å². The Balaban J connectivity index is 2.40. The first-order valence-corrected chi connectivity index (χ1v) is 7.00. The van der Waals surface area contributed by atoms with Crippen LogP contribution in [-0.2, 0) is 0 Å². The Morgan fingerprint density at radius 1 is 1.16 bits per heavy atom. The molecule has 1 aromatic carbocycles. The lowest BCUT2D eigenvalue weighted by atomic mass is 9.93. The van der Waals surface area contributed by atoms with Crippen LogP contribution in [0.5, 0.6) is 0 Å². The molecule has 1 aromatic heterocycles. The summed E-state index contributed by atoms with van der Waals surface area (Å²) in [7, 11) is 0. The molecular weight excluding hydrogens is 372 g/mol. The Labute approximate surface area is 127 Å². The maximum atomic E-state index is 12.4. The second-order valence-corrected chi connectivity index (χ2v) is 5.70. The number of benzene rings is 1. The minimum Gasteiger partial charge on any atom is -0.292 e. The molecule has 2 rings (SSSR count). The molecule has 0 spiro atoms. The number of nitriles is 1. The van der Waals surface area contributed by atoms with Gasteiger partial charge in [-0.1, -0.05) is 31.9 Å². The van der Waals surface area contributed by atoms with Crippen LogP contribution < -0.4 is 0 Å². The fourth-order valence-electron chi connectivity index (χ4n) is 1.70. The summed E-state index contributed by atoms with van der Waals surface area (Å²) in [5, 5.41) is 9.24. The van der Waals surface area contributed by atoms with Gasteiger partial charge in [0, 0.05) is 26.9 Å². The van der Waals surface area contributed by atoms with Crippen LogP contribution in [0.25, 0.3) is 0 Å². The molecule has 94 valence electrons. The summed E-state index contributed by atoms with van der Waals surface area (Å²) in [6, 6.07) is 10.7. The van der Waals surface area contributed by atoms with Gasteiger partial charge in [-0.2, -0.15) is 5.26 Å². The van der Waals surface area contributed by atoms with Crippen molar-refractivity contribution in [3.05, 3.63) is 62.8 Å². The van der Waals surface area contributed by atoms with Gasteiger partial charge in [-0.25, -0.2) is 0 Å². The van der Waals surface area contributed by atoms with Gasteiger partial charge < -0.3 is 0 Å². The van der Waals surface area contributed by atoms with E-state index < -0.39 is 5.92 Å². The summed E-state index contributed by atoms with van der Waals surface area (Å²) in [6.45, 7) is 0. The lowest BCUT2D eigenvalue weighted by Gasteiger charge is -2.09. The van der Waals surface area contributed by atoms with Crippen molar-refractivity contribution < 1.29 is 4.79 Å². The van der Waals surface area contributed by atoms with E-state index in [1.807, 2.05) is 12.1 Å². The number of rotatable bonds is 3. The number of Topliss-reactive ketones (excluding diaryl/α,β-unsaturated/α-hetero) is 1. The maximum Gasteiger partial charge on any atom is 0.184 e. The van der Waals surface area contributed by atoms with Gasteiger partial charge in [0.2, 0.25) is 0 Å². The zero-order chi connectivity index (χ0) is 13.8. The van der Waals surface area contributed by atoms with Crippen molar-refractivity contribution in [3.63, 3.8) is 0 Å². The molecule has 0 amide bonds. The normalized spacial score (nSPS) is 11.6. The highest BCUT2D eigenvalue weighted by atomic mass is 79.9. The number of aromatic nitrogens is 1. The quantitative estimate of drug-likeness (QED) is 0.754. The smallest absolute Gasteiger partial charge is 0.184 e. The highest BCUT2D eigenvalue weighted by Gasteiger charge is 2.22. The summed E-state index contributed by atoms with van der Waals surface area (Å²) in [4.78, 5) is 16.3. The summed E-state index contributed by atoms with van der Waals surface area (Å²) in [5.41, 5.74) is 1.14. The molecule has 0 saturated carbocycles. The average Bonchev–Trinajstić information content (AvgIpc) is 2.39. The van der Waals surface area contributed by atoms with Crippen molar-refractivity contribution in [1.29, 1.82) is 5.26 Å². The van der Waals surface area contributed by atoms with Crippen LogP contribution in [0.15, 0.2) is 51.7 Å². The number of hydrogen-bond donors (Lipinski definition) is 0. The summed E-state index contributed by atoms with van der Waals surface area (Å²) < 4.78 is 1.58. The summed E-state index contributed by atoms with van der Waals surface area (Å²) >= 11 is 6.67. The fraction of sp³-hybridized carbons (Fsp3) is 0.0714. The molecule has 0 N–H and O–H groups in total. The minimum atomic E-state index is -0.816. The molecule has 0 radical (unpaired) electrons. The van der Waals surface area contributed by atoms with E-state index in [0.29, 0.717) is 11.1 Å². The Morgan fingerprint density at radius 3 is 2.26 bits per heavy atom. The fourth-order valence-corrected chi connectivity index (χ4v) is 3.00. The van der Waals surface area contributed by atoms with Gasteiger partial charge in [-0.3, -0.25) is 9.78 Å². The molecule has 1 heterocycles. The first kappa shape index (κ1) is 13.9. The first-order valence-electron chi connectivity index (χ1n) is 5.41. The molecule has 1 unspecified atom stereocenters. The number of carbonyl (C=O) groups is 1. The number of halogens is 2. The molecule has 0 saturated heterocycles. The van der Waals surface area contributed by atoms with Gasteiger partial charge in [0.1, 0.15) is 5.92 Å². The van der Waals surface area contributed by atoms with E-state index in [-0.39, 0.29) is 5.78 Å². The van der Waals surface area contributed by atoms with E-state index in [2.05, 4.69) is 36.8 Å². The highest BCUT2D eigenvalue weighted by molar-refractivity contribution is 9.11. The number of hydrogen-bond acceptors (Lipinski definition) is 3. The van der Waals surface area contributed by atoms with Crippen LogP contribution in [0, 0.1) is 11.3 Å². The van der Waals surface area contributed by atoms with E-state index in [4.69, 9.17) is 0 Å². The number of nitrogens with zero attached hydrogens (tertiary/aromatic N) is 2. The van der Waals surface area contributed by atoms with E-state index >= 15 is 0 Å². The Hall–Kier alpha value is -1.51. The van der Waals surface area contributed by atoms with Crippen molar-refractivity contribution in [3.8, 4) is 6.07 Å². The molecule has 1 atom stereocenters. The summed E-state index contributed by atoms with van der Waals surface area (Å²) in [6.07, 6.45) is 3.15. The van der Waals surface area contributed by atoms with Crippen LogP contribution >= 0.6 is 31.9 Å².